The third-order valence-electron chi connectivity index (χ3n) is 2.70. The van der Waals surface area contributed by atoms with Crippen LogP contribution in [0.25, 0.3) is 0 Å². The molecule has 0 aliphatic carbocycles. The summed E-state index contributed by atoms with van der Waals surface area (Å²) in [5.41, 5.74) is 2.06. The van der Waals surface area contributed by atoms with Crippen LogP contribution in [0.2, 0.25) is 0 Å². The Morgan fingerprint density at radius 2 is 1.95 bits per heavy atom. The first kappa shape index (κ1) is 15.5. The monoisotopic (exact) mass is 351 g/mol. The topological polar surface area (TPSA) is 72.0 Å². The number of anilines is 3. The van der Waals surface area contributed by atoms with E-state index in [1.165, 1.54) is 5.56 Å². The van der Waals surface area contributed by atoms with Crippen LogP contribution in [0.1, 0.15) is 18.9 Å². The first-order valence-electron chi connectivity index (χ1n) is 6.72. The molecule has 0 spiro atoms. The second-order valence-electron chi connectivity index (χ2n) is 4.45. The van der Waals surface area contributed by atoms with Crippen molar-refractivity contribution in [2.75, 3.05) is 24.3 Å². The minimum absolute atomic E-state index is 0.310. The zero-order chi connectivity index (χ0) is 15.2. The third kappa shape index (κ3) is 4.29. The second kappa shape index (κ2) is 7.21. The van der Waals surface area contributed by atoms with Crippen molar-refractivity contribution in [3.63, 3.8) is 0 Å². The Morgan fingerprint density at radius 3 is 2.62 bits per heavy atom. The van der Waals surface area contributed by atoms with Gasteiger partial charge in [-0.2, -0.15) is 15.0 Å². The molecule has 1 aromatic heterocycles. The standard InChI is InChI=1S/C14H18BrN5O/c1-4-7-21-14-19-12(16-3)18-13(20-14)17-10-6-5-9(2)11(15)8-10/h5-6,8H,4,7H2,1-3H3,(H2,16,17,18,19,20). The van der Waals surface area contributed by atoms with Gasteiger partial charge in [-0.1, -0.05) is 28.9 Å². The molecule has 0 fully saturated rings. The Kier molecular flexibility index (Phi) is 5.32. The van der Waals surface area contributed by atoms with Crippen molar-refractivity contribution in [1.29, 1.82) is 0 Å². The van der Waals surface area contributed by atoms with Crippen LogP contribution in [0.3, 0.4) is 0 Å². The lowest BCUT2D eigenvalue weighted by Crippen LogP contribution is -2.07. The summed E-state index contributed by atoms with van der Waals surface area (Å²) in [4.78, 5) is 12.7. The predicted molar refractivity (Wildman–Crippen MR) is 87.3 cm³/mol. The minimum Gasteiger partial charge on any atom is -0.463 e. The summed E-state index contributed by atoms with van der Waals surface area (Å²) in [6.45, 7) is 4.64. The number of hydrogen-bond donors (Lipinski definition) is 2. The molecule has 1 heterocycles. The van der Waals surface area contributed by atoms with Crippen molar-refractivity contribution in [2.45, 2.75) is 20.3 Å². The fraction of sp³-hybridized carbons (Fsp3) is 0.357. The molecule has 6 nitrogen and oxygen atoms in total. The molecule has 0 bridgehead atoms. The average Bonchev–Trinajstić information content (AvgIpc) is 2.48. The number of nitrogens with one attached hydrogen (secondary N) is 2. The molecule has 0 radical (unpaired) electrons. The fourth-order valence-electron chi connectivity index (χ4n) is 1.58. The molecule has 0 amide bonds. The number of aromatic nitrogens is 3. The van der Waals surface area contributed by atoms with Gasteiger partial charge in [0.05, 0.1) is 6.61 Å². The van der Waals surface area contributed by atoms with E-state index < -0.39 is 0 Å². The lowest BCUT2D eigenvalue weighted by molar-refractivity contribution is 0.292. The lowest BCUT2D eigenvalue weighted by atomic mass is 10.2. The number of aryl methyl sites for hydroxylation is 1. The van der Waals surface area contributed by atoms with Gasteiger partial charge in [0.25, 0.3) is 0 Å². The van der Waals surface area contributed by atoms with E-state index in [-0.39, 0.29) is 0 Å². The van der Waals surface area contributed by atoms with E-state index >= 15 is 0 Å². The van der Waals surface area contributed by atoms with E-state index in [0.29, 0.717) is 24.5 Å². The van der Waals surface area contributed by atoms with Crippen molar-refractivity contribution in [1.82, 2.24) is 15.0 Å². The summed E-state index contributed by atoms with van der Waals surface area (Å²) < 4.78 is 6.49. The van der Waals surface area contributed by atoms with Crippen LogP contribution in [-0.4, -0.2) is 28.6 Å². The average molecular weight is 352 g/mol. The van der Waals surface area contributed by atoms with Crippen LogP contribution in [-0.2, 0) is 0 Å². The first-order valence-corrected chi connectivity index (χ1v) is 7.51. The van der Waals surface area contributed by atoms with Crippen molar-refractivity contribution >= 4 is 33.5 Å². The molecule has 0 aliphatic heterocycles. The van der Waals surface area contributed by atoms with Gasteiger partial charge in [0, 0.05) is 17.2 Å². The molecule has 112 valence electrons. The molecule has 0 saturated heterocycles. The summed E-state index contributed by atoms with van der Waals surface area (Å²) in [5.74, 6) is 0.904. The minimum atomic E-state index is 0.310. The normalized spacial score (nSPS) is 10.3. The Labute approximate surface area is 132 Å². The summed E-state index contributed by atoms with van der Waals surface area (Å²) in [6, 6.07) is 6.27. The zero-order valence-electron chi connectivity index (χ0n) is 12.3. The summed E-state index contributed by atoms with van der Waals surface area (Å²) in [6.07, 6.45) is 0.897. The van der Waals surface area contributed by atoms with Crippen LogP contribution in [0.5, 0.6) is 6.01 Å². The number of ether oxygens (including phenoxy) is 1. The zero-order valence-corrected chi connectivity index (χ0v) is 13.9. The highest BCUT2D eigenvalue weighted by Crippen LogP contribution is 2.23. The second-order valence-corrected chi connectivity index (χ2v) is 5.31. The third-order valence-corrected chi connectivity index (χ3v) is 3.56. The molecule has 2 rings (SSSR count). The predicted octanol–water partition coefficient (Wildman–Crippen LogP) is 3.52. The molecular formula is C14H18BrN5O. The van der Waals surface area contributed by atoms with Gasteiger partial charge in [0.15, 0.2) is 0 Å². The molecule has 21 heavy (non-hydrogen) atoms. The first-order chi connectivity index (χ1) is 10.1. The van der Waals surface area contributed by atoms with Crippen molar-refractivity contribution < 1.29 is 4.74 Å². The van der Waals surface area contributed by atoms with E-state index in [1.54, 1.807) is 7.05 Å². The molecule has 0 unspecified atom stereocenters. The van der Waals surface area contributed by atoms with E-state index in [1.807, 2.05) is 32.0 Å². The number of rotatable bonds is 6. The van der Waals surface area contributed by atoms with Gasteiger partial charge in [-0.05, 0) is 31.0 Å². The number of nitrogens with zero attached hydrogens (tertiary/aromatic N) is 3. The summed E-state index contributed by atoms with van der Waals surface area (Å²) >= 11 is 3.51. The van der Waals surface area contributed by atoms with Crippen LogP contribution in [0.4, 0.5) is 17.6 Å². The molecule has 1 aromatic carbocycles. The SMILES string of the molecule is CCCOc1nc(NC)nc(Nc2ccc(C)c(Br)c2)n1. The van der Waals surface area contributed by atoms with Crippen LogP contribution in [0, 0.1) is 6.92 Å². The number of halogens is 1. The van der Waals surface area contributed by atoms with Gasteiger partial charge in [0.2, 0.25) is 11.9 Å². The Morgan fingerprint density at radius 1 is 1.19 bits per heavy atom. The molecular weight excluding hydrogens is 334 g/mol. The highest BCUT2D eigenvalue weighted by atomic mass is 79.9. The summed E-state index contributed by atoms with van der Waals surface area (Å²) in [7, 11) is 1.76. The van der Waals surface area contributed by atoms with Crippen LogP contribution >= 0.6 is 15.9 Å². The quantitative estimate of drug-likeness (QED) is 0.829. The van der Waals surface area contributed by atoms with Gasteiger partial charge in [-0.15, -0.1) is 0 Å². The maximum Gasteiger partial charge on any atom is 0.323 e. The van der Waals surface area contributed by atoms with E-state index in [2.05, 4.69) is 41.5 Å². The van der Waals surface area contributed by atoms with Crippen LogP contribution < -0.4 is 15.4 Å². The fourth-order valence-corrected chi connectivity index (χ4v) is 1.96. The van der Waals surface area contributed by atoms with Gasteiger partial charge in [-0.25, -0.2) is 0 Å². The molecule has 2 aromatic rings. The summed E-state index contributed by atoms with van der Waals surface area (Å²) in [5, 5.41) is 6.05. The smallest absolute Gasteiger partial charge is 0.323 e. The Balaban J connectivity index is 2.23. The highest BCUT2D eigenvalue weighted by molar-refractivity contribution is 9.10. The molecule has 0 atom stereocenters. The Hall–Kier alpha value is -1.89. The van der Waals surface area contributed by atoms with Gasteiger partial charge in [0.1, 0.15) is 0 Å². The highest BCUT2D eigenvalue weighted by Gasteiger charge is 2.07. The van der Waals surface area contributed by atoms with Crippen molar-refractivity contribution in [2.24, 2.45) is 0 Å². The van der Waals surface area contributed by atoms with E-state index in [0.717, 1.165) is 16.6 Å². The van der Waals surface area contributed by atoms with Crippen molar-refractivity contribution in [3.8, 4) is 6.01 Å². The van der Waals surface area contributed by atoms with E-state index in [4.69, 9.17) is 4.74 Å². The Bertz CT molecular complexity index is 620. The van der Waals surface area contributed by atoms with Gasteiger partial charge < -0.3 is 15.4 Å². The number of benzene rings is 1. The van der Waals surface area contributed by atoms with Crippen molar-refractivity contribution in [3.05, 3.63) is 28.2 Å². The maximum atomic E-state index is 5.47. The maximum absolute atomic E-state index is 5.47. The van der Waals surface area contributed by atoms with Gasteiger partial charge >= 0.3 is 6.01 Å². The molecule has 7 heteroatoms. The van der Waals surface area contributed by atoms with Crippen LogP contribution in [0.15, 0.2) is 22.7 Å². The molecule has 0 saturated carbocycles. The molecule has 0 aliphatic rings. The lowest BCUT2D eigenvalue weighted by Gasteiger charge is -2.10. The van der Waals surface area contributed by atoms with E-state index in [9.17, 15) is 0 Å². The largest absolute Gasteiger partial charge is 0.463 e. The van der Waals surface area contributed by atoms with Gasteiger partial charge in [-0.3, -0.25) is 0 Å². The molecule has 2 N–H and O–H groups in total. The number of hydrogen-bond acceptors (Lipinski definition) is 6.